The Balaban J connectivity index is 1.84. The van der Waals surface area contributed by atoms with Gasteiger partial charge >= 0.3 is 0 Å². The van der Waals surface area contributed by atoms with Crippen molar-refractivity contribution in [3.05, 3.63) is 71.7 Å². The molecular weight excluding hydrogens is 337 g/mol. The fourth-order valence-corrected chi connectivity index (χ4v) is 2.63. The Labute approximate surface area is 150 Å². The molecule has 0 saturated carbocycles. The molecule has 0 fully saturated rings. The zero-order valence-corrected chi connectivity index (χ0v) is 14.4. The number of rotatable bonds is 6. The molecule has 0 aliphatic rings. The molecule has 1 heterocycles. The lowest BCUT2D eigenvalue weighted by Gasteiger charge is -2.14. The Morgan fingerprint density at radius 1 is 1.12 bits per heavy atom. The number of ether oxygens (including phenoxy) is 2. The number of carbonyl (C=O) groups excluding carboxylic acids is 1. The Hall–Kier alpha value is -3.35. The summed E-state index contributed by atoms with van der Waals surface area (Å²) < 4.78 is 26.1. The zero-order chi connectivity index (χ0) is 18.5. The van der Waals surface area contributed by atoms with Crippen LogP contribution in [0.25, 0.3) is 0 Å². The quantitative estimate of drug-likeness (QED) is 0.736. The van der Waals surface area contributed by atoms with Gasteiger partial charge in [0.25, 0.3) is 5.91 Å². The van der Waals surface area contributed by atoms with Crippen LogP contribution in [-0.4, -0.2) is 29.9 Å². The van der Waals surface area contributed by atoms with Gasteiger partial charge in [-0.15, -0.1) is 0 Å². The third-order valence-corrected chi connectivity index (χ3v) is 3.88. The van der Waals surface area contributed by atoms with Crippen LogP contribution in [-0.2, 0) is 6.54 Å². The van der Waals surface area contributed by atoms with E-state index in [1.54, 1.807) is 43.3 Å². The van der Waals surface area contributed by atoms with Crippen LogP contribution in [0.15, 0.2) is 54.7 Å². The van der Waals surface area contributed by atoms with E-state index in [1.165, 1.54) is 18.2 Å². The van der Waals surface area contributed by atoms with Gasteiger partial charge in [-0.1, -0.05) is 24.3 Å². The van der Waals surface area contributed by atoms with Crippen molar-refractivity contribution in [2.45, 2.75) is 6.54 Å². The standard InChI is InChI=1S/C19H18FN3O3/c1-25-16-9-5-6-13(18(16)26-2)12-23-17(10-11-21-23)22-19(24)14-7-3-4-8-15(14)20/h3-11H,12H2,1-2H3,(H,22,24). The number of nitrogens with one attached hydrogen (secondary N) is 1. The van der Waals surface area contributed by atoms with Crippen LogP contribution in [0.4, 0.5) is 10.2 Å². The number of halogens is 1. The highest BCUT2D eigenvalue weighted by Crippen LogP contribution is 2.31. The Morgan fingerprint density at radius 2 is 1.92 bits per heavy atom. The molecule has 0 atom stereocenters. The third-order valence-electron chi connectivity index (χ3n) is 3.88. The molecule has 0 bridgehead atoms. The maximum atomic E-state index is 13.8. The molecule has 0 spiro atoms. The zero-order valence-electron chi connectivity index (χ0n) is 14.4. The molecular formula is C19H18FN3O3. The summed E-state index contributed by atoms with van der Waals surface area (Å²) in [4.78, 5) is 12.3. The van der Waals surface area contributed by atoms with Gasteiger partial charge in [0.2, 0.25) is 0 Å². The number of anilines is 1. The first-order chi connectivity index (χ1) is 12.6. The van der Waals surface area contributed by atoms with Gasteiger partial charge in [-0.25, -0.2) is 9.07 Å². The van der Waals surface area contributed by atoms with Crippen molar-refractivity contribution in [2.24, 2.45) is 0 Å². The van der Waals surface area contributed by atoms with E-state index in [-0.39, 0.29) is 5.56 Å². The van der Waals surface area contributed by atoms with Crippen LogP contribution in [0.3, 0.4) is 0 Å². The molecule has 1 amide bonds. The molecule has 134 valence electrons. The van der Waals surface area contributed by atoms with Crippen molar-refractivity contribution in [2.75, 3.05) is 19.5 Å². The van der Waals surface area contributed by atoms with Gasteiger partial charge in [-0.2, -0.15) is 5.10 Å². The largest absolute Gasteiger partial charge is 0.493 e. The molecule has 0 saturated heterocycles. The number of methoxy groups -OCH3 is 2. The van der Waals surface area contributed by atoms with Crippen molar-refractivity contribution in [3.63, 3.8) is 0 Å². The van der Waals surface area contributed by atoms with Crippen LogP contribution >= 0.6 is 0 Å². The van der Waals surface area contributed by atoms with Crippen molar-refractivity contribution < 1.29 is 18.7 Å². The molecule has 3 aromatic rings. The normalized spacial score (nSPS) is 10.4. The highest BCUT2D eigenvalue weighted by Gasteiger charge is 2.15. The van der Waals surface area contributed by atoms with Crippen molar-refractivity contribution in [1.29, 1.82) is 0 Å². The minimum atomic E-state index is -0.578. The molecule has 0 unspecified atom stereocenters. The second-order valence-corrected chi connectivity index (χ2v) is 5.46. The van der Waals surface area contributed by atoms with Crippen molar-refractivity contribution >= 4 is 11.7 Å². The first-order valence-corrected chi connectivity index (χ1v) is 7.91. The number of aromatic nitrogens is 2. The number of amides is 1. The predicted octanol–water partition coefficient (Wildman–Crippen LogP) is 3.34. The summed E-state index contributed by atoms with van der Waals surface area (Å²) in [6.45, 7) is 0.347. The highest BCUT2D eigenvalue weighted by atomic mass is 19.1. The van der Waals surface area contributed by atoms with Gasteiger partial charge < -0.3 is 14.8 Å². The van der Waals surface area contributed by atoms with E-state index in [4.69, 9.17) is 9.47 Å². The number of nitrogens with zero attached hydrogens (tertiary/aromatic N) is 2. The van der Waals surface area contributed by atoms with E-state index < -0.39 is 11.7 Å². The Bertz CT molecular complexity index is 924. The number of carbonyl (C=O) groups is 1. The molecule has 1 aromatic heterocycles. The second-order valence-electron chi connectivity index (χ2n) is 5.46. The SMILES string of the molecule is COc1cccc(Cn2nccc2NC(=O)c2ccccc2F)c1OC. The lowest BCUT2D eigenvalue weighted by Crippen LogP contribution is -2.17. The Morgan fingerprint density at radius 3 is 2.65 bits per heavy atom. The van der Waals surface area contributed by atoms with E-state index in [2.05, 4.69) is 10.4 Å². The molecule has 6 nitrogen and oxygen atoms in total. The van der Waals surface area contributed by atoms with Gasteiger partial charge in [0, 0.05) is 11.6 Å². The smallest absolute Gasteiger partial charge is 0.259 e. The summed E-state index contributed by atoms with van der Waals surface area (Å²) in [5.74, 6) is 0.530. The van der Waals surface area contributed by atoms with Gasteiger partial charge in [0.15, 0.2) is 11.5 Å². The lowest BCUT2D eigenvalue weighted by molar-refractivity contribution is 0.102. The molecule has 0 radical (unpaired) electrons. The third kappa shape index (κ3) is 3.51. The van der Waals surface area contributed by atoms with Gasteiger partial charge in [-0.3, -0.25) is 4.79 Å². The monoisotopic (exact) mass is 355 g/mol. The van der Waals surface area contributed by atoms with Gasteiger partial charge in [0.05, 0.1) is 32.5 Å². The molecule has 3 rings (SSSR count). The number of hydrogen-bond acceptors (Lipinski definition) is 4. The molecule has 2 aromatic carbocycles. The average molecular weight is 355 g/mol. The topological polar surface area (TPSA) is 65.4 Å². The van der Waals surface area contributed by atoms with Crippen LogP contribution in [0.5, 0.6) is 11.5 Å². The van der Waals surface area contributed by atoms with Crippen molar-refractivity contribution in [1.82, 2.24) is 9.78 Å². The minimum absolute atomic E-state index is 0.0285. The number of hydrogen-bond donors (Lipinski definition) is 1. The first-order valence-electron chi connectivity index (χ1n) is 7.91. The summed E-state index contributed by atoms with van der Waals surface area (Å²) >= 11 is 0. The summed E-state index contributed by atoms with van der Waals surface area (Å²) in [5, 5.41) is 6.91. The average Bonchev–Trinajstić information content (AvgIpc) is 3.08. The summed E-state index contributed by atoms with van der Waals surface area (Å²) in [6.07, 6.45) is 1.56. The lowest BCUT2D eigenvalue weighted by atomic mass is 10.2. The maximum Gasteiger partial charge on any atom is 0.259 e. The summed E-state index contributed by atoms with van der Waals surface area (Å²) in [7, 11) is 3.13. The molecule has 1 N–H and O–H groups in total. The summed E-state index contributed by atoms with van der Waals surface area (Å²) in [6, 6.07) is 13.0. The predicted molar refractivity (Wildman–Crippen MR) is 95.2 cm³/mol. The van der Waals surface area contributed by atoms with E-state index in [0.717, 1.165) is 5.56 Å². The van der Waals surface area contributed by atoms with Crippen LogP contribution < -0.4 is 14.8 Å². The molecule has 0 aliphatic carbocycles. The van der Waals surface area contributed by atoms with Crippen LogP contribution in [0, 0.1) is 5.82 Å². The highest BCUT2D eigenvalue weighted by molar-refractivity contribution is 6.03. The summed E-state index contributed by atoms with van der Waals surface area (Å²) in [5.41, 5.74) is 0.802. The maximum absolute atomic E-state index is 13.8. The number of para-hydroxylation sites is 1. The van der Waals surface area contributed by atoms with E-state index in [1.807, 2.05) is 12.1 Å². The molecule has 26 heavy (non-hydrogen) atoms. The molecule has 0 aliphatic heterocycles. The fourth-order valence-electron chi connectivity index (χ4n) is 2.63. The van der Waals surface area contributed by atoms with E-state index in [9.17, 15) is 9.18 Å². The van der Waals surface area contributed by atoms with Crippen molar-refractivity contribution in [3.8, 4) is 11.5 Å². The fraction of sp³-hybridized carbons (Fsp3) is 0.158. The number of benzene rings is 2. The Kier molecular flexibility index (Phi) is 5.17. The van der Waals surface area contributed by atoms with Crippen LogP contribution in [0.2, 0.25) is 0 Å². The van der Waals surface area contributed by atoms with Gasteiger partial charge in [0.1, 0.15) is 11.6 Å². The second kappa shape index (κ2) is 7.69. The van der Waals surface area contributed by atoms with E-state index >= 15 is 0 Å². The first kappa shape index (κ1) is 17.5. The van der Waals surface area contributed by atoms with Gasteiger partial charge in [-0.05, 0) is 18.2 Å². The molecule has 7 heteroatoms. The van der Waals surface area contributed by atoms with Crippen LogP contribution in [0.1, 0.15) is 15.9 Å². The minimum Gasteiger partial charge on any atom is -0.493 e. The van der Waals surface area contributed by atoms with E-state index in [0.29, 0.717) is 23.9 Å².